The Bertz CT molecular complexity index is 658. The van der Waals surface area contributed by atoms with E-state index < -0.39 is 0 Å². The molecule has 1 unspecified atom stereocenters. The zero-order valence-electron chi connectivity index (χ0n) is 10.7. The Morgan fingerprint density at radius 3 is 2.84 bits per heavy atom. The summed E-state index contributed by atoms with van der Waals surface area (Å²) in [6, 6.07) is 14.1. The van der Waals surface area contributed by atoms with Crippen LogP contribution < -0.4 is 10.6 Å². The number of aliphatic imine (C=N–C) groups is 1. The average Bonchev–Trinajstić information content (AvgIpc) is 2.86. The molecule has 19 heavy (non-hydrogen) atoms. The molecule has 1 aliphatic rings. The highest BCUT2D eigenvalue weighted by molar-refractivity contribution is 6.43. The number of nitrogens with one attached hydrogen (secondary N) is 2. The number of anilines is 1. The number of carbonyl (C=O) groups excluding carboxylic acids is 1. The smallest absolute Gasteiger partial charge is 0.290 e. The van der Waals surface area contributed by atoms with Crippen molar-refractivity contribution >= 4 is 28.2 Å². The monoisotopic (exact) mass is 253 g/mol. The van der Waals surface area contributed by atoms with Crippen LogP contribution in [0.1, 0.15) is 6.92 Å². The molecule has 1 amide bonds. The van der Waals surface area contributed by atoms with Gasteiger partial charge in [-0.15, -0.1) is 0 Å². The third-order valence-corrected chi connectivity index (χ3v) is 3.16. The minimum Gasteiger partial charge on any atom is -0.361 e. The summed E-state index contributed by atoms with van der Waals surface area (Å²) in [6.45, 7) is 2.65. The quantitative estimate of drug-likeness (QED) is 0.861. The minimum atomic E-state index is -0.180. The number of benzene rings is 2. The van der Waals surface area contributed by atoms with Gasteiger partial charge in [-0.1, -0.05) is 36.4 Å². The number of amidine groups is 1. The SMILES string of the molecule is CC1CN=C(C(=O)Nc2cccc3ccccc23)N1. The number of amides is 1. The van der Waals surface area contributed by atoms with Gasteiger partial charge >= 0.3 is 0 Å². The van der Waals surface area contributed by atoms with Gasteiger partial charge in [-0.05, 0) is 18.4 Å². The molecule has 1 heterocycles. The number of rotatable bonds is 2. The Labute approximate surface area is 111 Å². The van der Waals surface area contributed by atoms with Gasteiger partial charge in [0.15, 0.2) is 5.84 Å². The second-order valence-electron chi connectivity index (χ2n) is 4.72. The van der Waals surface area contributed by atoms with Gasteiger partial charge in [0.1, 0.15) is 0 Å². The molecule has 0 aromatic heterocycles. The molecule has 96 valence electrons. The predicted molar refractivity (Wildman–Crippen MR) is 77.5 cm³/mol. The van der Waals surface area contributed by atoms with Crippen LogP contribution in [0.25, 0.3) is 10.8 Å². The van der Waals surface area contributed by atoms with E-state index >= 15 is 0 Å². The third-order valence-electron chi connectivity index (χ3n) is 3.16. The first-order valence-corrected chi connectivity index (χ1v) is 6.34. The van der Waals surface area contributed by atoms with Gasteiger partial charge < -0.3 is 10.6 Å². The molecule has 1 atom stereocenters. The van der Waals surface area contributed by atoms with Gasteiger partial charge in [0.2, 0.25) is 0 Å². The fourth-order valence-electron chi connectivity index (χ4n) is 2.21. The van der Waals surface area contributed by atoms with Crippen molar-refractivity contribution < 1.29 is 4.79 Å². The summed E-state index contributed by atoms with van der Waals surface area (Å²) in [4.78, 5) is 16.3. The first kappa shape index (κ1) is 11.7. The van der Waals surface area contributed by atoms with E-state index in [-0.39, 0.29) is 11.9 Å². The molecule has 2 aromatic carbocycles. The molecule has 0 saturated heterocycles. The molecule has 0 radical (unpaired) electrons. The zero-order chi connectivity index (χ0) is 13.2. The van der Waals surface area contributed by atoms with Crippen LogP contribution in [0.3, 0.4) is 0 Å². The fourth-order valence-corrected chi connectivity index (χ4v) is 2.21. The molecule has 3 rings (SSSR count). The topological polar surface area (TPSA) is 53.5 Å². The Morgan fingerprint density at radius 2 is 2.05 bits per heavy atom. The molecule has 4 heteroatoms. The van der Waals surface area contributed by atoms with Crippen LogP contribution in [0.15, 0.2) is 47.5 Å². The molecule has 0 fully saturated rings. The summed E-state index contributed by atoms with van der Waals surface area (Å²) < 4.78 is 0. The Morgan fingerprint density at radius 1 is 1.26 bits per heavy atom. The van der Waals surface area contributed by atoms with Crippen LogP contribution in [0.2, 0.25) is 0 Å². The average molecular weight is 253 g/mol. The van der Waals surface area contributed by atoms with E-state index in [0.29, 0.717) is 12.4 Å². The van der Waals surface area contributed by atoms with Crippen LogP contribution >= 0.6 is 0 Å². The van der Waals surface area contributed by atoms with E-state index in [1.54, 1.807) is 0 Å². The first-order chi connectivity index (χ1) is 9.24. The lowest BCUT2D eigenvalue weighted by Crippen LogP contribution is -2.36. The highest BCUT2D eigenvalue weighted by Crippen LogP contribution is 2.22. The lowest BCUT2D eigenvalue weighted by Gasteiger charge is -2.09. The van der Waals surface area contributed by atoms with E-state index in [1.165, 1.54) is 0 Å². The second kappa shape index (κ2) is 4.72. The Balaban J connectivity index is 1.88. The molecule has 0 aliphatic carbocycles. The van der Waals surface area contributed by atoms with Crippen molar-refractivity contribution in [3.05, 3.63) is 42.5 Å². The molecule has 0 spiro atoms. The van der Waals surface area contributed by atoms with E-state index in [2.05, 4.69) is 15.6 Å². The van der Waals surface area contributed by atoms with Gasteiger partial charge in [-0.25, -0.2) is 0 Å². The number of fused-ring (bicyclic) bond motifs is 1. The van der Waals surface area contributed by atoms with Crippen LogP contribution in [0.4, 0.5) is 5.69 Å². The lowest BCUT2D eigenvalue weighted by atomic mass is 10.1. The second-order valence-corrected chi connectivity index (χ2v) is 4.72. The van der Waals surface area contributed by atoms with Crippen LogP contribution in [-0.2, 0) is 4.79 Å². The maximum Gasteiger partial charge on any atom is 0.290 e. The van der Waals surface area contributed by atoms with Gasteiger partial charge in [-0.2, -0.15) is 0 Å². The van der Waals surface area contributed by atoms with Crippen LogP contribution in [0.5, 0.6) is 0 Å². The van der Waals surface area contributed by atoms with Crippen molar-refractivity contribution in [1.29, 1.82) is 0 Å². The van der Waals surface area contributed by atoms with Gasteiger partial charge in [-0.3, -0.25) is 9.79 Å². The molecule has 2 aromatic rings. The molecule has 4 nitrogen and oxygen atoms in total. The van der Waals surface area contributed by atoms with Crippen molar-refractivity contribution in [3.63, 3.8) is 0 Å². The maximum absolute atomic E-state index is 12.1. The van der Waals surface area contributed by atoms with Crippen LogP contribution in [0, 0.1) is 0 Å². The largest absolute Gasteiger partial charge is 0.361 e. The van der Waals surface area contributed by atoms with Gasteiger partial charge in [0, 0.05) is 17.1 Å². The summed E-state index contributed by atoms with van der Waals surface area (Å²) in [7, 11) is 0. The molecular weight excluding hydrogens is 238 g/mol. The predicted octanol–water partition coefficient (Wildman–Crippen LogP) is 2.17. The highest BCUT2D eigenvalue weighted by Gasteiger charge is 2.19. The van der Waals surface area contributed by atoms with Crippen molar-refractivity contribution in [2.24, 2.45) is 4.99 Å². The molecule has 2 N–H and O–H groups in total. The van der Waals surface area contributed by atoms with Gasteiger partial charge in [0.05, 0.1) is 6.54 Å². The molecular formula is C15H15N3O. The third kappa shape index (κ3) is 2.29. The van der Waals surface area contributed by atoms with E-state index in [0.717, 1.165) is 16.5 Å². The molecule has 0 saturated carbocycles. The fraction of sp³-hybridized carbons (Fsp3) is 0.200. The van der Waals surface area contributed by atoms with E-state index in [1.807, 2.05) is 49.4 Å². The van der Waals surface area contributed by atoms with Crippen molar-refractivity contribution in [1.82, 2.24) is 5.32 Å². The summed E-state index contributed by atoms with van der Waals surface area (Å²) in [5.41, 5.74) is 0.812. The zero-order valence-corrected chi connectivity index (χ0v) is 10.7. The van der Waals surface area contributed by atoms with E-state index in [4.69, 9.17) is 0 Å². The Hall–Kier alpha value is -2.36. The number of carbonyl (C=O) groups is 1. The lowest BCUT2D eigenvalue weighted by molar-refractivity contribution is -0.110. The first-order valence-electron chi connectivity index (χ1n) is 6.34. The highest BCUT2D eigenvalue weighted by atomic mass is 16.2. The van der Waals surface area contributed by atoms with E-state index in [9.17, 15) is 4.79 Å². The minimum absolute atomic E-state index is 0.180. The summed E-state index contributed by atoms with van der Waals surface area (Å²) in [6.07, 6.45) is 0. The summed E-state index contributed by atoms with van der Waals surface area (Å²) in [5.74, 6) is 0.237. The number of hydrogen-bond donors (Lipinski definition) is 2. The maximum atomic E-state index is 12.1. The number of nitrogens with zero attached hydrogens (tertiary/aromatic N) is 1. The molecule has 1 aliphatic heterocycles. The van der Waals surface area contributed by atoms with Crippen LogP contribution in [-0.4, -0.2) is 24.3 Å². The van der Waals surface area contributed by atoms with Crippen molar-refractivity contribution in [2.75, 3.05) is 11.9 Å². The van der Waals surface area contributed by atoms with Crippen molar-refractivity contribution in [2.45, 2.75) is 13.0 Å². The normalized spacial score (nSPS) is 17.9. The standard InChI is InChI=1S/C15H15N3O/c1-10-9-16-14(17-10)15(19)18-13-8-4-6-11-5-2-3-7-12(11)13/h2-8,10H,9H2,1H3,(H,16,17)(H,18,19). The Kier molecular flexibility index (Phi) is 2.91. The van der Waals surface area contributed by atoms with Crippen molar-refractivity contribution in [3.8, 4) is 0 Å². The summed E-state index contributed by atoms with van der Waals surface area (Å²) in [5, 5.41) is 8.11. The molecule has 0 bridgehead atoms. The number of hydrogen-bond acceptors (Lipinski definition) is 3. The summed E-state index contributed by atoms with van der Waals surface area (Å²) >= 11 is 0. The van der Waals surface area contributed by atoms with Gasteiger partial charge in [0.25, 0.3) is 5.91 Å².